The summed E-state index contributed by atoms with van der Waals surface area (Å²) in [5.74, 6) is -0.899. The molecule has 4 heteroatoms. The van der Waals surface area contributed by atoms with Crippen molar-refractivity contribution in [3.05, 3.63) is 52.8 Å². The van der Waals surface area contributed by atoms with Crippen LogP contribution < -0.4 is 0 Å². The van der Waals surface area contributed by atoms with Gasteiger partial charge in [0.1, 0.15) is 5.56 Å². The summed E-state index contributed by atoms with van der Waals surface area (Å²) in [6.07, 6.45) is 1.50. The second-order valence-corrected chi connectivity index (χ2v) is 4.32. The Kier molecular flexibility index (Phi) is 3.46. The average Bonchev–Trinajstić information content (AvgIpc) is 2.62. The van der Waals surface area contributed by atoms with Gasteiger partial charge in [0.15, 0.2) is 0 Å². The van der Waals surface area contributed by atoms with Gasteiger partial charge in [-0.1, -0.05) is 30.3 Å². The van der Waals surface area contributed by atoms with Gasteiger partial charge in [-0.3, -0.25) is 4.68 Å². The number of carboxylic acid groups (broad SMARTS) is 1. The van der Waals surface area contributed by atoms with E-state index in [0.717, 1.165) is 12.1 Å². The van der Waals surface area contributed by atoms with Crippen LogP contribution >= 0.6 is 0 Å². The average molecular weight is 244 g/mol. The van der Waals surface area contributed by atoms with E-state index in [-0.39, 0.29) is 0 Å². The number of aryl methyl sites for hydroxylation is 3. The van der Waals surface area contributed by atoms with Crippen molar-refractivity contribution in [3.63, 3.8) is 0 Å². The molecule has 0 saturated carbocycles. The van der Waals surface area contributed by atoms with E-state index in [9.17, 15) is 9.90 Å². The molecule has 0 fully saturated rings. The van der Waals surface area contributed by atoms with E-state index in [4.69, 9.17) is 0 Å². The number of hydrogen-bond donors (Lipinski definition) is 1. The van der Waals surface area contributed by atoms with Crippen LogP contribution in [-0.2, 0) is 19.9 Å². The van der Waals surface area contributed by atoms with Crippen LogP contribution in [0, 0.1) is 6.92 Å². The fraction of sp³-hybridized carbons (Fsp3) is 0.286. The maximum Gasteiger partial charge on any atom is 0.339 e. The standard InChI is InChI=1S/C14H16N2O2/c1-10-13(14(17)18)12(16(2)15-10)9-8-11-6-4-3-5-7-11/h3-7H,8-9H2,1-2H3,(H,17,18). The van der Waals surface area contributed by atoms with Crippen molar-refractivity contribution in [1.29, 1.82) is 0 Å². The van der Waals surface area contributed by atoms with Crippen LogP contribution in [0.25, 0.3) is 0 Å². The van der Waals surface area contributed by atoms with Crippen LogP contribution in [0.5, 0.6) is 0 Å². The van der Waals surface area contributed by atoms with Gasteiger partial charge in [0.05, 0.1) is 11.4 Å². The van der Waals surface area contributed by atoms with E-state index < -0.39 is 5.97 Å². The summed E-state index contributed by atoms with van der Waals surface area (Å²) in [4.78, 5) is 11.2. The predicted octanol–water partition coefficient (Wildman–Crippen LogP) is 2.21. The Balaban J connectivity index is 2.22. The van der Waals surface area contributed by atoms with Gasteiger partial charge < -0.3 is 5.11 Å². The Morgan fingerprint density at radius 1 is 1.28 bits per heavy atom. The number of carboxylic acids is 1. The number of carbonyl (C=O) groups is 1. The Bertz CT molecular complexity index is 559. The Labute approximate surface area is 106 Å². The highest BCUT2D eigenvalue weighted by Crippen LogP contribution is 2.15. The second kappa shape index (κ2) is 5.04. The molecule has 18 heavy (non-hydrogen) atoms. The molecule has 0 radical (unpaired) electrons. The summed E-state index contributed by atoms with van der Waals surface area (Å²) in [5, 5.41) is 13.4. The fourth-order valence-corrected chi connectivity index (χ4v) is 2.18. The molecule has 2 rings (SSSR count). The molecule has 1 aromatic heterocycles. The van der Waals surface area contributed by atoms with Gasteiger partial charge in [-0.15, -0.1) is 0 Å². The monoisotopic (exact) mass is 244 g/mol. The molecule has 0 saturated heterocycles. The number of aromatic carboxylic acids is 1. The molecule has 94 valence electrons. The van der Waals surface area contributed by atoms with Crippen molar-refractivity contribution < 1.29 is 9.90 Å². The predicted molar refractivity (Wildman–Crippen MR) is 68.8 cm³/mol. The van der Waals surface area contributed by atoms with E-state index in [1.807, 2.05) is 30.3 Å². The first kappa shape index (κ1) is 12.4. The molecule has 0 aliphatic carbocycles. The first-order valence-corrected chi connectivity index (χ1v) is 5.89. The Morgan fingerprint density at radius 2 is 1.94 bits per heavy atom. The number of aromatic nitrogens is 2. The van der Waals surface area contributed by atoms with Crippen molar-refractivity contribution in [2.75, 3.05) is 0 Å². The molecule has 0 atom stereocenters. The molecule has 0 unspecified atom stereocenters. The van der Waals surface area contributed by atoms with Crippen LogP contribution in [0.4, 0.5) is 0 Å². The summed E-state index contributed by atoms with van der Waals surface area (Å²) in [6, 6.07) is 10.0. The highest BCUT2D eigenvalue weighted by molar-refractivity contribution is 5.90. The van der Waals surface area contributed by atoms with E-state index in [0.29, 0.717) is 17.7 Å². The minimum absolute atomic E-state index is 0.341. The summed E-state index contributed by atoms with van der Waals surface area (Å²) in [7, 11) is 1.79. The molecule has 1 N–H and O–H groups in total. The van der Waals surface area contributed by atoms with Crippen LogP contribution in [0.15, 0.2) is 30.3 Å². The molecule has 2 aromatic rings. The zero-order valence-corrected chi connectivity index (χ0v) is 10.6. The zero-order valence-electron chi connectivity index (χ0n) is 10.6. The number of benzene rings is 1. The van der Waals surface area contributed by atoms with Gasteiger partial charge in [0.25, 0.3) is 0 Å². The SMILES string of the molecule is Cc1nn(C)c(CCc2ccccc2)c1C(=O)O. The van der Waals surface area contributed by atoms with Gasteiger partial charge in [-0.2, -0.15) is 5.10 Å². The van der Waals surface area contributed by atoms with Gasteiger partial charge in [0.2, 0.25) is 0 Å². The topological polar surface area (TPSA) is 55.1 Å². The molecule has 0 aliphatic heterocycles. The smallest absolute Gasteiger partial charge is 0.339 e. The minimum Gasteiger partial charge on any atom is -0.478 e. The third-order valence-corrected chi connectivity index (χ3v) is 3.05. The van der Waals surface area contributed by atoms with E-state index in [1.165, 1.54) is 5.56 Å². The maximum absolute atomic E-state index is 11.2. The van der Waals surface area contributed by atoms with Crippen LogP contribution in [0.2, 0.25) is 0 Å². The lowest BCUT2D eigenvalue weighted by atomic mass is 10.0. The zero-order chi connectivity index (χ0) is 13.1. The normalized spacial score (nSPS) is 10.6. The van der Waals surface area contributed by atoms with Crippen molar-refractivity contribution in [2.24, 2.45) is 7.05 Å². The molecule has 4 nitrogen and oxygen atoms in total. The van der Waals surface area contributed by atoms with Crippen LogP contribution in [0.1, 0.15) is 27.3 Å². The molecule has 0 aliphatic rings. The molecule has 0 amide bonds. The van der Waals surface area contributed by atoms with E-state index in [1.54, 1.807) is 18.7 Å². The lowest BCUT2D eigenvalue weighted by Gasteiger charge is -2.04. The highest BCUT2D eigenvalue weighted by Gasteiger charge is 2.18. The largest absolute Gasteiger partial charge is 0.478 e. The lowest BCUT2D eigenvalue weighted by molar-refractivity contribution is 0.0694. The summed E-state index contributed by atoms with van der Waals surface area (Å²) < 4.78 is 1.67. The maximum atomic E-state index is 11.2. The van der Waals surface area contributed by atoms with Gasteiger partial charge >= 0.3 is 5.97 Å². The van der Waals surface area contributed by atoms with Gasteiger partial charge in [-0.25, -0.2) is 4.79 Å². The molecule has 1 heterocycles. The number of rotatable bonds is 4. The van der Waals surface area contributed by atoms with E-state index in [2.05, 4.69) is 5.10 Å². The first-order valence-electron chi connectivity index (χ1n) is 5.89. The Morgan fingerprint density at radius 3 is 2.56 bits per heavy atom. The summed E-state index contributed by atoms with van der Waals surface area (Å²) >= 11 is 0. The van der Waals surface area contributed by atoms with Crippen molar-refractivity contribution in [3.8, 4) is 0 Å². The summed E-state index contributed by atoms with van der Waals surface area (Å²) in [6.45, 7) is 1.73. The molecular weight excluding hydrogens is 228 g/mol. The summed E-state index contributed by atoms with van der Waals surface area (Å²) in [5.41, 5.74) is 2.90. The van der Waals surface area contributed by atoms with Crippen molar-refractivity contribution in [2.45, 2.75) is 19.8 Å². The highest BCUT2D eigenvalue weighted by atomic mass is 16.4. The fourth-order valence-electron chi connectivity index (χ4n) is 2.18. The van der Waals surface area contributed by atoms with Gasteiger partial charge in [0, 0.05) is 7.05 Å². The minimum atomic E-state index is -0.899. The van der Waals surface area contributed by atoms with Gasteiger partial charge in [-0.05, 0) is 25.3 Å². The van der Waals surface area contributed by atoms with Crippen molar-refractivity contribution >= 4 is 5.97 Å². The van der Waals surface area contributed by atoms with Crippen molar-refractivity contribution in [1.82, 2.24) is 9.78 Å². The first-order chi connectivity index (χ1) is 8.59. The number of nitrogens with zero attached hydrogens (tertiary/aromatic N) is 2. The third kappa shape index (κ3) is 2.42. The molecule has 0 bridgehead atoms. The molecule has 0 spiro atoms. The molecular formula is C14H16N2O2. The second-order valence-electron chi connectivity index (χ2n) is 4.32. The van der Waals surface area contributed by atoms with E-state index >= 15 is 0 Å². The lowest BCUT2D eigenvalue weighted by Crippen LogP contribution is -2.06. The Hall–Kier alpha value is -2.10. The molecule has 1 aromatic carbocycles. The van der Waals surface area contributed by atoms with Crippen LogP contribution in [0.3, 0.4) is 0 Å². The third-order valence-electron chi connectivity index (χ3n) is 3.05. The van der Waals surface area contributed by atoms with Crippen LogP contribution in [-0.4, -0.2) is 20.9 Å². The number of hydrogen-bond acceptors (Lipinski definition) is 2. The quantitative estimate of drug-likeness (QED) is 0.897.